The smallest absolute Gasteiger partial charge is 0.342 e. The lowest BCUT2D eigenvalue weighted by atomic mass is 9.99. The fraction of sp³-hybridized carbons (Fsp3) is 0.500. The van der Waals surface area contributed by atoms with Gasteiger partial charge in [0.05, 0.1) is 18.4 Å². The number of aliphatic hydroxyl groups excluding tert-OH is 4. The lowest BCUT2D eigenvalue weighted by Crippen LogP contribution is -2.57. The van der Waals surface area contributed by atoms with Gasteiger partial charge in [0.15, 0.2) is 0 Å². The van der Waals surface area contributed by atoms with Gasteiger partial charge in [-0.15, -0.1) is 11.8 Å². The molecule has 13 heteroatoms. The van der Waals surface area contributed by atoms with E-state index in [0.29, 0.717) is 12.8 Å². The molecule has 0 bridgehead atoms. The number of hydrogen-bond acceptors (Lipinski definition) is 12. The summed E-state index contributed by atoms with van der Waals surface area (Å²) in [6.45, 7) is 1.10. The number of rotatable bonds is 5. The van der Waals surface area contributed by atoms with E-state index in [9.17, 15) is 40.2 Å². The topological polar surface area (TPSA) is 210 Å². The van der Waals surface area contributed by atoms with E-state index in [-0.39, 0.29) is 34.8 Å². The van der Waals surface area contributed by atoms with Gasteiger partial charge in [0.25, 0.3) is 0 Å². The summed E-state index contributed by atoms with van der Waals surface area (Å²) in [6.07, 6.45) is 1.10. The predicted octanol–water partition coefficient (Wildman–Crippen LogP) is 0.129. The molecule has 0 aliphatic carbocycles. The number of hydrogen-bond donors (Lipinski definition) is 8. The predicted molar refractivity (Wildman–Crippen MR) is 142 cm³/mol. The van der Waals surface area contributed by atoms with E-state index in [1.165, 1.54) is 12.1 Å². The highest BCUT2D eigenvalue weighted by Crippen LogP contribution is 2.30. The first kappa shape index (κ1) is 30.6. The first-order valence-electron chi connectivity index (χ1n) is 12.4. The lowest BCUT2D eigenvalue weighted by molar-refractivity contribution is -0.205. The highest BCUT2D eigenvalue weighted by Gasteiger charge is 2.43. The van der Waals surface area contributed by atoms with Crippen molar-refractivity contribution in [2.45, 2.75) is 68.2 Å². The number of carbonyl (C=O) groups is 2. The highest BCUT2D eigenvalue weighted by molar-refractivity contribution is 8.00. The average Bonchev–Trinajstić information content (AvgIpc) is 2.85. The van der Waals surface area contributed by atoms with E-state index in [1.54, 1.807) is 25.2 Å². The molecule has 0 saturated carbocycles. The van der Waals surface area contributed by atoms with Gasteiger partial charge in [0.2, 0.25) is 5.91 Å². The normalized spacial score (nSPS) is 31.9. The summed E-state index contributed by atoms with van der Waals surface area (Å²) in [6, 6.07) is 1.85. The molecular weight excluding hydrogens is 532 g/mol. The Morgan fingerprint density at radius 1 is 1.13 bits per heavy atom. The number of phenols is 2. The van der Waals surface area contributed by atoms with Gasteiger partial charge in [-0.1, -0.05) is 18.2 Å². The third-order valence-corrected chi connectivity index (χ3v) is 7.34. The number of aromatic hydroxyl groups is 2. The summed E-state index contributed by atoms with van der Waals surface area (Å²) in [5.41, 5.74) is -0.821. The summed E-state index contributed by atoms with van der Waals surface area (Å²) >= 11 is 0.911. The van der Waals surface area contributed by atoms with Crippen molar-refractivity contribution in [1.29, 1.82) is 5.41 Å². The number of esters is 1. The molecule has 1 saturated heterocycles. The molecule has 214 valence electrons. The fourth-order valence-corrected chi connectivity index (χ4v) is 5.16. The molecule has 2 aliphatic rings. The summed E-state index contributed by atoms with van der Waals surface area (Å²) in [5.74, 6) is -2.03. The number of nitrogens with one attached hydrogen (secondary N) is 2. The maximum atomic E-state index is 12.7. The van der Waals surface area contributed by atoms with Gasteiger partial charge in [-0.2, -0.15) is 0 Å². The average molecular weight is 567 g/mol. The molecule has 7 atom stereocenters. The zero-order valence-corrected chi connectivity index (χ0v) is 22.1. The minimum Gasteiger partial charge on any atom is -0.508 e. The van der Waals surface area contributed by atoms with E-state index < -0.39 is 66.2 Å². The molecule has 8 N–H and O–H groups in total. The van der Waals surface area contributed by atoms with Crippen LogP contribution in [0.15, 0.2) is 36.4 Å². The zero-order chi connectivity index (χ0) is 28.7. The number of phenolic OH excluding ortho intramolecular Hbond substituents is 2. The number of cyclic esters (lactones) is 1. The quantitative estimate of drug-likeness (QED) is 0.177. The molecule has 3 unspecified atom stereocenters. The third-order valence-electron chi connectivity index (χ3n) is 6.20. The Labute approximate surface area is 229 Å². The van der Waals surface area contributed by atoms with Crippen LogP contribution in [0.1, 0.15) is 35.7 Å². The largest absolute Gasteiger partial charge is 0.508 e. The second kappa shape index (κ2) is 13.9. The van der Waals surface area contributed by atoms with Gasteiger partial charge < -0.3 is 50.8 Å². The minimum absolute atomic E-state index is 0.0557. The van der Waals surface area contributed by atoms with Crippen molar-refractivity contribution in [3.8, 4) is 11.5 Å². The van der Waals surface area contributed by atoms with Crippen LogP contribution in [0.25, 0.3) is 0 Å². The Morgan fingerprint density at radius 2 is 1.87 bits per heavy atom. The number of amides is 1. The second-order valence-electron chi connectivity index (χ2n) is 9.40. The van der Waals surface area contributed by atoms with Crippen LogP contribution >= 0.6 is 11.8 Å². The number of aliphatic hydroxyl groups is 4. The molecule has 0 aromatic heterocycles. The Kier molecular flexibility index (Phi) is 10.9. The molecule has 12 nitrogen and oxygen atoms in total. The summed E-state index contributed by atoms with van der Waals surface area (Å²) in [4.78, 5) is 25.4. The molecular formula is C26H34N2O10S. The zero-order valence-electron chi connectivity index (χ0n) is 21.3. The van der Waals surface area contributed by atoms with Crippen LogP contribution < -0.4 is 5.32 Å². The van der Waals surface area contributed by atoms with Crippen LogP contribution in [0.4, 0.5) is 0 Å². The molecule has 39 heavy (non-hydrogen) atoms. The van der Waals surface area contributed by atoms with Gasteiger partial charge >= 0.3 is 5.97 Å². The second-order valence-corrected chi connectivity index (χ2v) is 10.5. The van der Waals surface area contributed by atoms with Crippen molar-refractivity contribution in [1.82, 2.24) is 5.32 Å². The minimum atomic E-state index is -1.53. The van der Waals surface area contributed by atoms with Crippen molar-refractivity contribution < 1.29 is 49.7 Å². The van der Waals surface area contributed by atoms with E-state index >= 15 is 0 Å². The standard InChI is InChI=1S/C26H34N2O10S/c1-13-4-2-6-16(28-20(32)12-39-26-24(35)23(34)22(33)19(11-29)38-26)7-3-5-15(27)8-14-9-17(30)10-18(31)21(14)25(36)37-13/h2-3,5-6,9-10,13,16,19,22-24,26-27,29-31,33-35H,4,7-8,11-12H2,1H3,(H,28,32)/b5-3+,6-2+,27-15?/t13-,16+,19?,22+,23?,24?,26-/m1/s1. The van der Waals surface area contributed by atoms with E-state index in [1.807, 2.05) is 0 Å². The molecule has 3 rings (SSSR count). The van der Waals surface area contributed by atoms with Gasteiger partial charge in [0, 0.05) is 24.6 Å². The van der Waals surface area contributed by atoms with Gasteiger partial charge in [-0.3, -0.25) is 4.79 Å². The van der Waals surface area contributed by atoms with Crippen LogP contribution in [0, 0.1) is 5.41 Å². The van der Waals surface area contributed by atoms with E-state index in [2.05, 4.69) is 5.32 Å². The maximum Gasteiger partial charge on any atom is 0.342 e. The Morgan fingerprint density at radius 3 is 2.59 bits per heavy atom. The van der Waals surface area contributed by atoms with Crippen molar-refractivity contribution in [2.24, 2.45) is 0 Å². The fourth-order valence-electron chi connectivity index (χ4n) is 4.19. The van der Waals surface area contributed by atoms with Crippen LogP contribution in [0.2, 0.25) is 0 Å². The van der Waals surface area contributed by atoms with Crippen LogP contribution in [0.3, 0.4) is 0 Å². The van der Waals surface area contributed by atoms with Gasteiger partial charge in [-0.25, -0.2) is 4.79 Å². The van der Waals surface area contributed by atoms with Crippen molar-refractivity contribution >= 4 is 29.4 Å². The third kappa shape index (κ3) is 8.27. The SMILES string of the molecule is C[C@@H]1C/C=C/[C@H](NC(=O)CS[C@H]2OC(CO)[C@H](O)C(O)C2O)C/C=C/C(=N)Cc2cc(O)cc(O)c2C(=O)O1. The van der Waals surface area contributed by atoms with Crippen molar-refractivity contribution in [2.75, 3.05) is 12.4 Å². The monoisotopic (exact) mass is 566 g/mol. The summed E-state index contributed by atoms with van der Waals surface area (Å²) in [5, 5.41) is 70.5. The molecule has 2 aliphatic heterocycles. The number of carbonyl (C=O) groups excluding carboxylic acids is 2. The molecule has 1 fully saturated rings. The van der Waals surface area contributed by atoms with Crippen molar-refractivity contribution in [3.63, 3.8) is 0 Å². The van der Waals surface area contributed by atoms with Crippen LogP contribution in [-0.2, 0) is 20.7 Å². The summed E-state index contributed by atoms with van der Waals surface area (Å²) in [7, 11) is 0. The molecule has 1 aromatic rings. The number of fused-ring (bicyclic) bond motifs is 1. The Bertz CT molecular complexity index is 1110. The number of allylic oxidation sites excluding steroid dienone is 1. The highest BCUT2D eigenvalue weighted by atomic mass is 32.2. The van der Waals surface area contributed by atoms with Crippen LogP contribution in [-0.4, -0.2) is 103 Å². The van der Waals surface area contributed by atoms with Crippen LogP contribution in [0.5, 0.6) is 11.5 Å². The summed E-state index contributed by atoms with van der Waals surface area (Å²) < 4.78 is 10.8. The maximum absolute atomic E-state index is 12.7. The van der Waals surface area contributed by atoms with E-state index in [0.717, 1.165) is 17.8 Å². The number of ether oxygens (including phenoxy) is 2. The molecule has 0 radical (unpaired) electrons. The first-order chi connectivity index (χ1) is 18.5. The van der Waals surface area contributed by atoms with Gasteiger partial charge in [0.1, 0.15) is 53.0 Å². The molecule has 1 aromatic carbocycles. The molecule has 2 heterocycles. The Hall–Kier alpha value is -2.94. The number of thioether (sulfide) groups is 1. The van der Waals surface area contributed by atoms with Crippen molar-refractivity contribution in [3.05, 3.63) is 47.6 Å². The van der Waals surface area contributed by atoms with Gasteiger partial charge in [-0.05, 0) is 31.1 Å². The Balaban J connectivity index is 1.67. The van der Waals surface area contributed by atoms with E-state index in [4.69, 9.17) is 14.9 Å². The first-order valence-corrected chi connectivity index (χ1v) is 13.4. The lowest BCUT2D eigenvalue weighted by Gasteiger charge is -2.39. The number of benzene rings is 1. The molecule has 1 amide bonds. The molecule has 0 spiro atoms.